The fraction of sp³-hybridized carbons (Fsp3) is 0.462. The van der Waals surface area contributed by atoms with E-state index in [9.17, 15) is 4.79 Å². The largest absolute Gasteiger partial charge is 0.480 e. The Morgan fingerprint density at radius 2 is 2.12 bits per heavy atom. The third-order valence-corrected chi connectivity index (χ3v) is 2.83. The first-order chi connectivity index (χ1) is 8.04. The number of nitrogens with zero attached hydrogens (tertiary/aromatic N) is 1. The fourth-order valence-corrected chi connectivity index (χ4v) is 1.69. The average Bonchev–Trinajstić information content (AvgIpc) is 2.28. The van der Waals surface area contributed by atoms with Gasteiger partial charge in [0.1, 0.15) is 6.54 Å². The van der Waals surface area contributed by atoms with Gasteiger partial charge in [0.15, 0.2) is 0 Å². The van der Waals surface area contributed by atoms with E-state index >= 15 is 0 Å². The Kier molecular flexibility index (Phi) is 4.82. The molecule has 1 rings (SSSR count). The summed E-state index contributed by atoms with van der Waals surface area (Å²) in [6, 6.07) is 7.37. The van der Waals surface area contributed by atoms with Crippen molar-refractivity contribution in [3.63, 3.8) is 0 Å². The molecule has 0 aromatic heterocycles. The summed E-state index contributed by atoms with van der Waals surface area (Å²) in [6.45, 7) is 4.89. The summed E-state index contributed by atoms with van der Waals surface area (Å²) in [5, 5.41) is 8.94. The molecule has 1 aromatic carbocycles. The molecule has 0 bridgehead atoms. The molecule has 0 heterocycles. The van der Waals surface area contributed by atoms with E-state index in [2.05, 4.69) is 13.8 Å². The lowest BCUT2D eigenvalue weighted by atomic mass is 10.1. The molecule has 0 amide bonds. The summed E-state index contributed by atoms with van der Waals surface area (Å²) in [6.07, 6.45) is 1.02. The van der Waals surface area contributed by atoms with Crippen LogP contribution in [0.5, 0.6) is 0 Å². The predicted octanol–water partition coefficient (Wildman–Crippen LogP) is 2.21. The molecule has 3 N–H and O–H groups in total. The highest BCUT2D eigenvalue weighted by atomic mass is 16.4. The first-order valence-corrected chi connectivity index (χ1v) is 5.85. The van der Waals surface area contributed by atoms with Gasteiger partial charge in [-0.05, 0) is 18.1 Å². The van der Waals surface area contributed by atoms with Gasteiger partial charge in [0.25, 0.3) is 0 Å². The Labute approximate surface area is 102 Å². The van der Waals surface area contributed by atoms with Crippen molar-refractivity contribution in [2.24, 2.45) is 5.92 Å². The zero-order valence-corrected chi connectivity index (χ0v) is 10.4. The highest BCUT2D eigenvalue weighted by molar-refractivity contribution is 5.77. The summed E-state index contributed by atoms with van der Waals surface area (Å²) in [5.74, 6) is -0.398. The lowest BCUT2D eigenvalue weighted by Crippen LogP contribution is -2.34. The zero-order chi connectivity index (χ0) is 12.8. The first-order valence-electron chi connectivity index (χ1n) is 5.85. The fourth-order valence-electron chi connectivity index (χ4n) is 1.69. The van der Waals surface area contributed by atoms with Crippen molar-refractivity contribution >= 4 is 17.3 Å². The molecule has 4 heteroatoms. The van der Waals surface area contributed by atoms with Crippen LogP contribution < -0.4 is 10.6 Å². The molecular formula is C13H20N2O2. The maximum absolute atomic E-state index is 10.9. The number of carboxylic acid groups (broad SMARTS) is 1. The molecule has 0 fully saturated rings. The molecule has 0 aliphatic heterocycles. The first kappa shape index (κ1) is 13.4. The van der Waals surface area contributed by atoms with E-state index in [-0.39, 0.29) is 6.54 Å². The molecule has 0 spiro atoms. The van der Waals surface area contributed by atoms with Crippen LogP contribution in [-0.4, -0.2) is 24.2 Å². The summed E-state index contributed by atoms with van der Waals surface area (Å²) in [4.78, 5) is 12.7. The SMILES string of the molecule is CCC(C)CN(CC(=O)O)c1ccccc1N. The molecule has 94 valence electrons. The van der Waals surface area contributed by atoms with Crippen LogP contribution in [0.1, 0.15) is 20.3 Å². The third kappa shape index (κ3) is 3.98. The van der Waals surface area contributed by atoms with Crippen molar-refractivity contribution in [3.8, 4) is 0 Å². The number of carbonyl (C=O) groups is 1. The van der Waals surface area contributed by atoms with E-state index in [1.165, 1.54) is 0 Å². The van der Waals surface area contributed by atoms with Crippen LogP contribution in [0, 0.1) is 5.92 Å². The lowest BCUT2D eigenvalue weighted by molar-refractivity contribution is -0.135. The number of benzene rings is 1. The van der Waals surface area contributed by atoms with E-state index in [1.54, 1.807) is 6.07 Å². The summed E-state index contributed by atoms with van der Waals surface area (Å²) >= 11 is 0. The molecule has 0 radical (unpaired) electrons. The Morgan fingerprint density at radius 3 is 2.65 bits per heavy atom. The zero-order valence-electron chi connectivity index (χ0n) is 10.4. The Bertz CT molecular complexity index is 379. The van der Waals surface area contributed by atoms with Crippen LogP contribution in [0.25, 0.3) is 0 Å². The summed E-state index contributed by atoms with van der Waals surface area (Å²) in [7, 11) is 0. The summed E-state index contributed by atoms with van der Waals surface area (Å²) in [5.41, 5.74) is 7.30. The highest BCUT2D eigenvalue weighted by Crippen LogP contribution is 2.23. The van der Waals surface area contributed by atoms with Crippen LogP contribution in [0.2, 0.25) is 0 Å². The van der Waals surface area contributed by atoms with Gasteiger partial charge in [-0.15, -0.1) is 0 Å². The number of hydrogen-bond acceptors (Lipinski definition) is 3. The Hall–Kier alpha value is -1.71. The van der Waals surface area contributed by atoms with E-state index < -0.39 is 5.97 Å². The molecule has 17 heavy (non-hydrogen) atoms. The van der Waals surface area contributed by atoms with Crippen LogP contribution in [0.15, 0.2) is 24.3 Å². The second-order valence-electron chi connectivity index (χ2n) is 4.35. The minimum absolute atomic E-state index is 0.0153. The van der Waals surface area contributed by atoms with Crippen LogP contribution in [0.3, 0.4) is 0 Å². The van der Waals surface area contributed by atoms with Crippen molar-refractivity contribution in [1.29, 1.82) is 0 Å². The monoisotopic (exact) mass is 236 g/mol. The molecule has 0 saturated heterocycles. The van der Waals surface area contributed by atoms with E-state index in [0.29, 0.717) is 18.2 Å². The van der Waals surface area contributed by atoms with Gasteiger partial charge in [-0.25, -0.2) is 0 Å². The number of nitrogen functional groups attached to an aromatic ring is 1. The molecular weight excluding hydrogens is 216 g/mol. The Morgan fingerprint density at radius 1 is 1.47 bits per heavy atom. The second-order valence-corrected chi connectivity index (χ2v) is 4.35. The average molecular weight is 236 g/mol. The second kappa shape index (κ2) is 6.13. The van der Waals surface area contributed by atoms with Gasteiger partial charge in [-0.3, -0.25) is 4.79 Å². The number of para-hydroxylation sites is 2. The minimum Gasteiger partial charge on any atom is -0.480 e. The highest BCUT2D eigenvalue weighted by Gasteiger charge is 2.15. The number of carboxylic acids is 1. The van der Waals surface area contributed by atoms with Crippen molar-refractivity contribution in [2.45, 2.75) is 20.3 Å². The van der Waals surface area contributed by atoms with Gasteiger partial charge in [-0.2, -0.15) is 0 Å². The van der Waals surface area contributed by atoms with Crippen molar-refractivity contribution < 1.29 is 9.90 Å². The van der Waals surface area contributed by atoms with Gasteiger partial charge in [-0.1, -0.05) is 32.4 Å². The third-order valence-electron chi connectivity index (χ3n) is 2.83. The van der Waals surface area contributed by atoms with E-state index in [0.717, 1.165) is 12.1 Å². The molecule has 0 aliphatic rings. The minimum atomic E-state index is -0.837. The number of aliphatic carboxylic acids is 1. The normalized spacial score (nSPS) is 12.1. The van der Waals surface area contributed by atoms with Crippen molar-refractivity contribution in [1.82, 2.24) is 0 Å². The van der Waals surface area contributed by atoms with Gasteiger partial charge < -0.3 is 15.7 Å². The van der Waals surface area contributed by atoms with Crippen molar-refractivity contribution in [2.75, 3.05) is 23.7 Å². The standard InChI is InChI=1S/C13H20N2O2/c1-3-10(2)8-15(9-13(16)17)12-7-5-4-6-11(12)14/h4-7,10H,3,8-9,14H2,1-2H3,(H,16,17). The lowest BCUT2D eigenvalue weighted by Gasteiger charge is -2.27. The number of rotatable bonds is 6. The topological polar surface area (TPSA) is 66.6 Å². The molecule has 1 atom stereocenters. The smallest absolute Gasteiger partial charge is 0.323 e. The van der Waals surface area contributed by atoms with Gasteiger partial charge in [0, 0.05) is 6.54 Å². The molecule has 0 saturated carbocycles. The van der Waals surface area contributed by atoms with E-state index in [1.807, 2.05) is 23.1 Å². The van der Waals surface area contributed by atoms with Crippen molar-refractivity contribution in [3.05, 3.63) is 24.3 Å². The maximum atomic E-state index is 10.9. The summed E-state index contributed by atoms with van der Waals surface area (Å²) < 4.78 is 0. The molecule has 0 aliphatic carbocycles. The molecule has 4 nitrogen and oxygen atoms in total. The van der Waals surface area contributed by atoms with Gasteiger partial charge in [0.05, 0.1) is 11.4 Å². The Balaban J connectivity index is 2.89. The number of anilines is 2. The maximum Gasteiger partial charge on any atom is 0.323 e. The molecule has 1 aromatic rings. The van der Waals surface area contributed by atoms with E-state index in [4.69, 9.17) is 10.8 Å². The number of hydrogen-bond donors (Lipinski definition) is 2. The van der Waals surface area contributed by atoms with Crippen LogP contribution in [0.4, 0.5) is 11.4 Å². The van der Waals surface area contributed by atoms with Crippen LogP contribution >= 0.6 is 0 Å². The molecule has 1 unspecified atom stereocenters. The van der Waals surface area contributed by atoms with Gasteiger partial charge >= 0.3 is 5.97 Å². The van der Waals surface area contributed by atoms with Gasteiger partial charge in [0.2, 0.25) is 0 Å². The number of nitrogens with two attached hydrogens (primary N) is 1. The van der Waals surface area contributed by atoms with Crippen LogP contribution in [-0.2, 0) is 4.79 Å². The predicted molar refractivity (Wildman–Crippen MR) is 70.2 cm³/mol. The quantitative estimate of drug-likeness (QED) is 0.743.